The summed E-state index contributed by atoms with van der Waals surface area (Å²) in [6, 6.07) is 61.6. The van der Waals surface area contributed by atoms with Crippen molar-refractivity contribution in [3.05, 3.63) is 257 Å². The molecule has 0 spiro atoms. The Hall–Kier alpha value is -10.6. The summed E-state index contributed by atoms with van der Waals surface area (Å²) >= 11 is 6.22. The lowest BCUT2D eigenvalue weighted by atomic mass is 9.90. The number of carbonyl (C=O) groups excluding carboxylic acids is 4. The number of ether oxygens (including phenoxy) is 5. The number of hydrogen-bond acceptors (Lipinski definition) is 14. The van der Waals surface area contributed by atoms with Gasteiger partial charge in [-0.25, -0.2) is 4.39 Å². The average Bonchev–Trinajstić information content (AvgIpc) is 1.65. The van der Waals surface area contributed by atoms with Crippen molar-refractivity contribution in [2.75, 3.05) is 126 Å². The predicted molar refractivity (Wildman–Crippen MR) is 522 cm³/mol. The number of fused-ring (bicyclic) bond motifs is 4. The van der Waals surface area contributed by atoms with E-state index in [4.69, 9.17) is 35.3 Å². The maximum atomic E-state index is 13.1. The molecule has 686 valence electrons. The Kier molecular flexibility index (Phi) is 36.0. The van der Waals surface area contributed by atoms with Crippen molar-refractivity contribution in [1.82, 2.24) is 48.1 Å². The number of aryl methyl sites for hydroxylation is 4. The first-order valence-corrected chi connectivity index (χ1v) is 47.6. The largest absolute Gasteiger partial charge is 0.495 e. The van der Waals surface area contributed by atoms with Gasteiger partial charge in [-0.2, -0.15) is 0 Å². The van der Waals surface area contributed by atoms with E-state index >= 15 is 0 Å². The number of benzene rings is 8. The number of ketones is 3. The molecule has 8 aromatic carbocycles. The highest BCUT2D eigenvalue weighted by Gasteiger charge is 2.27. The third kappa shape index (κ3) is 27.1. The monoisotopic (exact) mass is 1770 g/mol. The first-order valence-electron chi connectivity index (χ1n) is 47.2. The second-order valence-electron chi connectivity index (χ2n) is 36.1. The number of halogens is 2. The maximum absolute atomic E-state index is 13.1. The standard InChI is InChI=1S/C30H42N4O2.C27H33FN2O2.C26H32N2O2.C25H29ClN2O3/c1-24(2)22-31-30(35)27-23-34(29-26(27)12-7-13-28(29)36-3)18-9-17-32-15-8-16-33(21-20-32)19-14-25-10-5-4-6-11-25;1-20(2)18-27(31)25-19-30(26-7-4-3-6-24(25)26)15-5-14-29-16-12-23(13-17-29)32-22-10-8-21(28)9-11-22;1-20(29)24-19-28(26-23(24)10-6-11-25(26)30-2)15-7-14-27-16-12-22(13-17-27)18-21-8-4-3-5-9-21;1-18(29)21-17-28(25-20(21)7-5-10-24(25)30-2)14-6-13-27-15-11-19(12-16-27)31-23-9-4-3-8-22(23)26/h4-7,10-13,23-24H,8-9,14-22H2,1-3H3,(H,31,35);3-4,6-11,19-20,23H,5,12-18H2,1-2H3;3-6,8-11,19,22H,7,12-18H2,1-2H3;3-5,7-10,17,19H,6,11-16H2,1-2H3. The van der Waals surface area contributed by atoms with E-state index < -0.39 is 0 Å². The second-order valence-corrected chi connectivity index (χ2v) is 36.5. The molecular formula is C108H136ClFN10O9. The van der Waals surface area contributed by atoms with Crippen LogP contribution in [0, 0.1) is 23.6 Å². The lowest BCUT2D eigenvalue weighted by molar-refractivity contribution is 0.0946. The Bertz CT molecular complexity index is 5550. The van der Waals surface area contributed by atoms with E-state index in [9.17, 15) is 23.6 Å². The van der Waals surface area contributed by atoms with Crippen LogP contribution in [0.1, 0.15) is 171 Å². The minimum absolute atomic E-state index is 0.0104. The average molecular weight is 1770 g/mol. The second kappa shape index (κ2) is 48.4. The summed E-state index contributed by atoms with van der Waals surface area (Å²) in [4.78, 5) is 62.6. The fourth-order valence-corrected chi connectivity index (χ4v) is 19.0. The van der Waals surface area contributed by atoms with Gasteiger partial charge >= 0.3 is 0 Å². The smallest absolute Gasteiger partial charge is 0.253 e. The zero-order valence-electron chi connectivity index (χ0n) is 77.6. The van der Waals surface area contributed by atoms with E-state index in [0.29, 0.717) is 29.8 Å². The normalized spacial score (nSPS) is 15.4. The van der Waals surface area contributed by atoms with Crippen molar-refractivity contribution in [3.8, 4) is 28.7 Å². The van der Waals surface area contributed by atoms with Crippen LogP contribution in [0.3, 0.4) is 0 Å². The minimum atomic E-state index is -0.237. The van der Waals surface area contributed by atoms with E-state index in [0.717, 1.165) is 263 Å². The number of likely N-dealkylation sites (tertiary alicyclic amines) is 3. The van der Waals surface area contributed by atoms with Crippen molar-refractivity contribution < 1.29 is 47.3 Å². The highest BCUT2D eigenvalue weighted by Crippen LogP contribution is 2.36. The number of carbonyl (C=O) groups is 4. The van der Waals surface area contributed by atoms with Crippen LogP contribution in [-0.2, 0) is 39.0 Å². The van der Waals surface area contributed by atoms with Gasteiger partial charge in [0.15, 0.2) is 17.3 Å². The third-order valence-electron chi connectivity index (χ3n) is 25.7. The Balaban J connectivity index is 0.000000147. The number of aromatic nitrogens is 4. The molecule has 0 unspecified atom stereocenters. The van der Waals surface area contributed by atoms with Gasteiger partial charge in [-0.3, -0.25) is 19.2 Å². The van der Waals surface area contributed by atoms with Gasteiger partial charge in [0.25, 0.3) is 5.91 Å². The lowest BCUT2D eigenvalue weighted by Gasteiger charge is -2.32. The Morgan fingerprint density at radius 1 is 0.403 bits per heavy atom. The summed E-state index contributed by atoms with van der Waals surface area (Å²) < 4.78 is 50.8. The molecule has 0 aliphatic carbocycles. The summed E-state index contributed by atoms with van der Waals surface area (Å²) in [5.41, 5.74) is 10.2. The van der Waals surface area contributed by atoms with Crippen molar-refractivity contribution in [2.24, 2.45) is 17.8 Å². The van der Waals surface area contributed by atoms with Gasteiger partial charge in [-0.1, -0.05) is 167 Å². The fourth-order valence-electron chi connectivity index (χ4n) is 18.8. The van der Waals surface area contributed by atoms with Gasteiger partial charge in [-0.15, -0.1) is 0 Å². The van der Waals surface area contributed by atoms with Gasteiger partial charge in [0, 0.05) is 153 Å². The number of rotatable bonds is 36. The molecule has 4 aromatic heterocycles. The first-order chi connectivity index (χ1) is 62.8. The Morgan fingerprint density at radius 3 is 1.30 bits per heavy atom. The van der Waals surface area contributed by atoms with Gasteiger partial charge in [0.1, 0.15) is 46.8 Å². The zero-order valence-corrected chi connectivity index (χ0v) is 78.3. The Labute approximate surface area is 768 Å². The topological polar surface area (TPSA) is 162 Å². The van der Waals surface area contributed by atoms with Crippen LogP contribution in [0.2, 0.25) is 5.02 Å². The molecule has 129 heavy (non-hydrogen) atoms. The number of nitrogens with zero attached hydrogens (tertiary/aromatic N) is 9. The van der Waals surface area contributed by atoms with E-state index in [-0.39, 0.29) is 41.3 Å². The quantitative estimate of drug-likeness (QED) is 0.0369. The zero-order chi connectivity index (χ0) is 90.5. The molecule has 21 heteroatoms. The third-order valence-corrected chi connectivity index (χ3v) is 26.0. The molecule has 0 radical (unpaired) electrons. The predicted octanol–water partition coefficient (Wildman–Crippen LogP) is 21.3. The highest BCUT2D eigenvalue weighted by atomic mass is 35.5. The summed E-state index contributed by atoms with van der Waals surface area (Å²) in [5, 5.41) is 7.72. The van der Waals surface area contributed by atoms with E-state index in [2.05, 4.69) is 155 Å². The molecule has 16 rings (SSSR count). The summed E-state index contributed by atoms with van der Waals surface area (Å²) in [6.07, 6.45) is 23.3. The molecule has 4 aliphatic rings. The van der Waals surface area contributed by atoms with Crippen molar-refractivity contribution in [3.63, 3.8) is 0 Å². The number of methoxy groups -OCH3 is 3. The number of nitrogens with one attached hydrogen (secondary N) is 1. The summed E-state index contributed by atoms with van der Waals surface area (Å²) in [6.45, 7) is 32.2. The summed E-state index contributed by atoms with van der Waals surface area (Å²) in [5.74, 6) is 5.73. The molecule has 19 nitrogen and oxygen atoms in total. The van der Waals surface area contributed by atoms with Gasteiger partial charge in [-0.05, 0) is 239 Å². The van der Waals surface area contributed by atoms with Gasteiger partial charge in [0.05, 0.1) is 48.5 Å². The van der Waals surface area contributed by atoms with Gasteiger partial charge < -0.3 is 71.8 Å². The van der Waals surface area contributed by atoms with Crippen LogP contribution < -0.4 is 29.0 Å². The molecule has 1 N–H and O–H groups in total. The molecule has 0 saturated carbocycles. The van der Waals surface area contributed by atoms with Crippen LogP contribution in [-0.4, -0.2) is 204 Å². The van der Waals surface area contributed by atoms with Crippen LogP contribution in [0.5, 0.6) is 28.7 Å². The van der Waals surface area contributed by atoms with Crippen molar-refractivity contribution in [1.29, 1.82) is 0 Å². The number of amides is 1. The highest BCUT2D eigenvalue weighted by molar-refractivity contribution is 6.32. The van der Waals surface area contributed by atoms with Crippen molar-refractivity contribution in [2.45, 2.75) is 170 Å². The van der Waals surface area contributed by atoms with E-state index in [1.807, 2.05) is 110 Å². The first kappa shape index (κ1) is 96.0. The van der Waals surface area contributed by atoms with Crippen LogP contribution in [0.4, 0.5) is 4.39 Å². The minimum Gasteiger partial charge on any atom is -0.495 e. The number of para-hydroxylation sites is 5. The molecule has 4 aliphatic heterocycles. The number of hydrogen-bond donors (Lipinski definition) is 1. The molecule has 4 saturated heterocycles. The molecule has 1 amide bonds. The maximum Gasteiger partial charge on any atom is 0.253 e. The summed E-state index contributed by atoms with van der Waals surface area (Å²) in [7, 11) is 5.07. The Morgan fingerprint density at radius 2 is 0.814 bits per heavy atom. The van der Waals surface area contributed by atoms with Gasteiger partial charge in [0.2, 0.25) is 0 Å². The number of piperidine rings is 3. The molecule has 12 aromatic rings. The molecule has 0 bridgehead atoms. The lowest BCUT2D eigenvalue weighted by Crippen LogP contribution is -2.39. The van der Waals surface area contributed by atoms with Crippen LogP contribution >= 0.6 is 11.6 Å². The van der Waals surface area contributed by atoms with Crippen molar-refractivity contribution >= 4 is 78.5 Å². The van der Waals surface area contributed by atoms with Crippen LogP contribution in [0.25, 0.3) is 43.6 Å². The van der Waals surface area contributed by atoms with E-state index in [1.54, 1.807) is 47.3 Å². The SMILES string of the molecule is CC(C)CC(=O)c1cn(CCCN2CCC(Oc3ccc(F)cc3)CC2)c2ccccc12.COc1cccc2c(C(=O)NCC(C)C)cn(CCCN3CCCN(CCc4ccccc4)CC3)c12.COc1cccc2c(C(C)=O)cn(CCCN3CCC(Cc4ccccc4)CC3)c12.COc1cccc2c(C(C)=O)cn(CCCN3CCC(Oc4ccccc4Cl)CC3)c12. The molecule has 0 atom stereocenters. The number of Topliss-reactive ketones (excluding diaryl/α,β-unsaturated/α-hetero) is 3. The molecule has 4 fully saturated rings. The molecule has 8 heterocycles. The van der Waals surface area contributed by atoms with E-state index in [1.165, 1.54) is 68.6 Å². The van der Waals surface area contributed by atoms with Crippen LogP contribution in [0.15, 0.2) is 213 Å². The molecular weight excluding hydrogens is 1640 g/mol. The fraction of sp³-hybridized carbons (Fsp3) is 0.444.